The number of rotatable bonds is 11. The van der Waals surface area contributed by atoms with E-state index in [1.165, 1.54) is 6.20 Å². The van der Waals surface area contributed by atoms with Crippen molar-refractivity contribution >= 4 is 29.4 Å². The number of carbonyl (C=O) groups is 1. The minimum atomic E-state index is -1.19. The van der Waals surface area contributed by atoms with Crippen molar-refractivity contribution in [1.82, 2.24) is 24.9 Å². The van der Waals surface area contributed by atoms with E-state index in [1.807, 2.05) is 67.6 Å². The summed E-state index contributed by atoms with van der Waals surface area (Å²) in [6.07, 6.45) is 1.99. The first-order valence-electron chi connectivity index (χ1n) is 13.3. The summed E-state index contributed by atoms with van der Waals surface area (Å²) in [5, 5.41) is 14.4. The Bertz CT molecular complexity index is 1630. The standard InChI is InChI=1S/C31H30N8O4/c1-20-34-29(26-5-4-16-32-28(26)36-23-10-15-27(33-17-23)37-31(40)41)38-30(35-20)39(18-21-6-11-24(42-2)12-7-21)19-22-8-13-25(43-3)14-9-22/h4-17H,18-19H2,1-3H3,(H,32,36)(H,33,37)(H,40,41). The second-order valence-electron chi connectivity index (χ2n) is 9.45. The molecule has 3 heterocycles. The molecule has 2 aromatic carbocycles. The summed E-state index contributed by atoms with van der Waals surface area (Å²) in [7, 11) is 3.29. The van der Waals surface area contributed by atoms with Crippen LogP contribution in [0.3, 0.4) is 0 Å². The van der Waals surface area contributed by atoms with E-state index in [0.29, 0.717) is 47.8 Å². The summed E-state index contributed by atoms with van der Waals surface area (Å²) in [5.41, 5.74) is 3.40. The highest BCUT2D eigenvalue weighted by atomic mass is 16.5. The predicted octanol–water partition coefficient (Wildman–Crippen LogP) is 5.69. The molecule has 0 radical (unpaired) electrons. The van der Waals surface area contributed by atoms with Crippen molar-refractivity contribution in [3.8, 4) is 22.9 Å². The third kappa shape index (κ3) is 7.50. The van der Waals surface area contributed by atoms with Gasteiger partial charge in [0.1, 0.15) is 29.0 Å². The van der Waals surface area contributed by atoms with Crippen LogP contribution < -0.4 is 25.0 Å². The Morgan fingerprint density at radius 3 is 2.05 bits per heavy atom. The molecule has 0 bridgehead atoms. The molecule has 0 spiro atoms. The van der Waals surface area contributed by atoms with Gasteiger partial charge in [0, 0.05) is 19.3 Å². The van der Waals surface area contributed by atoms with Crippen molar-refractivity contribution in [3.05, 3.63) is 102 Å². The highest BCUT2D eigenvalue weighted by molar-refractivity contribution is 5.82. The first-order valence-corrected chi connectivity index (χ1v) is 13.3. The SMILES string of the molecule is COc1ccc(CN(Cc2ccc(OC)cc2)c2nc(C)nc(-c3cccnc3Nc3ccc(NC(=O)O)nc3)n2)cc1. The van der Waals surface area contributed by atoms with Gasteiger partial charge in [-0.25, -0.2) is 19.7 Å². The molecule has 43 heavy (non-hydrogen) atoms. The number of anilines is 4. The van der Waals surface area contributed by atoms with E-state index in [4.69, 9.17) is 24.5 Å². The van der Waals surface area contributed by atoms with Gasteiger partial charge < -0.3 is 24.8 Å². The molecule has 0 aliphatic rings. The van der Waals surface area contributed by atoms with Gasteiger partial charge in [0.25, 0.3) is 0 Å². The largest absolute Gasteiger partial charge is 0.497 e. The monoisotopic (exact) mass is 578 g/mol. The number of ether oxygens (including phenoxy) is 2. The smallest absolute Gasteiger partial charge is 0.410 e. The van der Waals surface area contributed by atoms with Crippen LogP contribution in [0.4, 0.5) is 28.1 Å². The zero-order chi connectivity index (χ0) is 30.2. The molecule has 0 unspecified atom stereocenters. The number of aromatic nitrogens is 5. The molecule has 3 aromatic heterocycles. The Morgan fingerprint density at radius 2 is 1.49 bits per heavy atom. The summed E-state index contributed by atoms with van der Waals surface area (Å²) >= 11 is 0. The fourth-order valence-corrected chi connectivity index (χ4v) is 4.30. The maximum Gasteiger partial charge on any atom is 0.410 e. The second kappa shape index (κ2) is 13.3. The van der Waals surface area contributed by atoms with Crippen LogP contribution >= 0.6 is 0 Å². The molecule has 5 aromatic rings. The van der Waals surface area contributed by atoms with Crippen molar-refractivity contribution in [2.45, 2.75) is 20.0 Å². The topological polar surface area (TPSA) is 148 Å². The third-order valence-corrected chi connectivity index (χ3v) is 6.39. The molecule has 0 atom stereocenters. The summed E-state index contributed by atoms with van der Waals surface area (Å²) in [5.74, 6) is 3.79. The van der Waals surface area contributed by atoms with E-state index in [1.54, 1.807) is 32.5 Å². The molecule has 0 saturated heterocycles. The van der Waals surface area contributed by atoms with Crippen LogP contribution in [0.2, 0.25) is 0 Å². The summed E-state index contributed by atoms with van der Waals surface area (Å²) in [6, 6.07) is 22.7. The van der Waals surface area contributed by atoms with Crippen molar-refractivity contribution in [3.63, 3.8) is 0 Å². The molecule has 5 rings (SSSR count). The normalized spacial score (nSPS) is 10.6. The molecule has 0 aliphatic heterocycles. The number of hydrogen-bond donors (Lipinski definition) is 3. The Balaban J connectivity index is 1.47. The molecular formula is C31H30N8O4. The Labute approximate surface area is 248 Å². The quantitative estimate of drug-likeness (QED) is 0.177. The molecular weight excluding hydrogens is 548 g/mol. The fourth-order valence-electron chi connectivity index (χ4n) is 4.30. The van der Waals surface area contributed by atoms with Gasteiger partial charge in [0.15, 0.2) is 5.82 Å². The minimum Gasteiger partial charge on any atom is -0.497 e. The van der Waals surface area contributed by atoms with Crippen LogP contribution in [0.15, 0.2) is 85.2 Å². The molecule has 12 heteroatoms. The highest BCUT2D eigenvalue weighted by Crippen LogP contribution is 2.28. The molecule has 0 aliphatic carbocycles. The summed E-state index contributed by atoms with van der Waals surface area (Å²) in [4.78, 5) is 35.9. The molecule has 3 N–H and O–H groups in total. The number of hydrogen-bond acceptors (Lipinski definition) is 10. The maximum absolute atomic E-state index is 10.9. The summed E-state index contributed by atoms with van der Waals surface area (Å²) < 4.78 is 10.7. The number of pyridine rings is 2. The molecule has 218 valence electrons. The molecule has 0 fully saturated rings. The minimum absolute atomic E-state index is 0.214. The number of nitrogens with zero attached hydrogens (tertiary/aromatic N) is 6. The van der Waals surface area contributed by atoms with Gasteiger partial charge >= 0.3 is 6.09 Å². The third-order valence-electron chi connectivity index (χ3n) is 6.39. The number of aryl methyl sites for hydroxylation is 1. The first kappa shape index (κ1) is 28.7. The van der Waals surface area contributed by atoms with Crippen LogP contribution in [-0.2, 0) is 13.1 Å². The second-order valence-corrected chi connectivity index (χ2v) is 9.45. The van der Waals surface area contributed by atoms with Gasteiger partial charge in [0.2, 0.25) is 5.95 Å². The molecule has 12 nitrogen and oxygen atoms in total. The van der Waals surface area contributed by atoms with Gasteiger partial charge in [-0.1, -0.05) is 24.3 Å². The van der Waals surface area contributed by atoms with Gasteiger partial charge in [-0.05, 0) is 66.6 Å². The Morgan fingerprint density at radius 1 is 0.837 bits per heavy atom. The fraction of sp³-hybridized carbons (Fsp3) is 0.161. The van der Waals surface area contributed by atoms with Crippen LogP contribution in [0.1, 0.15) is 17.0 Å². The number of amides is 1. The van der Waals surface area contributed by atoms with Gasteiger partial charge in [0.05, 0.1) is 31.7 Å². The van der Waals surface area contributed by atoms with E-state index in [-0.39, 0.29) is 5.82 Å². The van der Waals surface area contributed by atoms with Gasteiger partial charge in [-0.2, -0.15) is 9.97 Å². The lowest BCUT2D eigenvalue weighted by Gasteiger charge is -2.24. The number of benzene rings is 2. The average molecular weight is 579 g/mol. The van der Waals surface area contributed by atoms with Crippen LogP contribution in [0, 0.1) is 6.92 Å². The Hall–Kier alpha value is -5.78. The first-order chi connectivity index (χ1) is 20.9. The summed E-state index contributed by atoms with van der Waals surface area (Å²) in [6.45, 7) is 2.91. The lowest BCUT2D eigenvalue weighted by Crippen LogP contribution is -2.25. The predicted molar refractivity (Wildman–Crippen MR) is 163 cm³/mol. The van der Waals surface area contributed by atoms with Crippen molar-refractivity contribution in [2.75, 3.05) is 29.8 Å². The lowest BCUT2D eigenvalue weighted by atomic mass is 10.1. The van der Waals surface area contributed by atoms with Crippen molar-refractivity contribution in [2.24, 2.45) is 0 Å². The average Bonchev–Trinajstić information content (AvgIpc) is 3.02. The van der Waals surface area contributed by atoms with E-state index < -0.39 is 6.09 Å². The van der Waals surface area contributed by atoms with E-state index in [0.717, 1.165) is 22.6 Å². The molecule has 0 saturated carbocycles. The van der Waals surface area contributed by atoms with Crippen LogP contribution in [0.5, 0.6) is 11.5 Å². The number of carboxylic acid groups (broad SMARTS) is 1. The maximum atomic E-state index is 10.9. The highest BCUT2D eigenvalue weighted by Gasteiger charge is 2.18. The van der Waals surface area contributed by atoms with Gasteiger partial charge in [-0.3, -0.25) is 5.32 Å². The van der Waals surface area contributed by atoms with Gasteiger partial charge in [-0.15, -0.1) is 0 Å². The van der Waals surface area contributed by atoms with E-state index in [2.05, 4.69) is 30.5 Å². The van der Waals surface area contributed by atoms with Crippen molar-refractivity contribution in [1.29, 1.82) is 0 Å². The van der Waals surface area contributed by atoms with Crippen molar-refractivity contribution < 1.29 is 19.4 Å². The number of methoxy groups -OCH3 is 2. The van der Waals surface area contributed by atoms with E-state index in [9.17, 15) is 4.79 Å². The van der Waals surface area contributed by atoms with Crippen LogP contribution in [0.25, 0.3) is 11.4 Å². The zero-order valence-corrected chi connectivity index (χ0v) is 23.9. The molecule has 1 amide bonds. The van der Waals surface area contributed by atoms with E-state index >= 15 is 0 Å². The number of nitrogens with one attached hydrogen (secondary N) is 2. The lowest BCUT2D eigenvalue weighted by molar-refractivity contribution is 0.209. The van der Waals surface area contributed by atoms with Crippen LogP contribution in [-0.4, -0.2) is 50.3 Å². The zero-order valence-electron chi connectivity index (χ0n) is 23.9. The Kier molecular flexibility index (Phi) is 8.86.